The quantitative estimate of drug-likeness (QED) is 0.551. The van der Waals surface area contributed by atoms with Crippen molar-refractivity contribution < 1.29 is 4.74 Å². The Kier molecular flexibility index (Phi) is 3.15. The van der Waals surface area contributed by atoms with Gasteiger partial charge < -0.3 is 0 Å². The summed E-state index contributed by atoms with van der Waals surface area (Å²) in [6.07, 6.45) is 4.07. The molecule has 0 aromatic carbocycles. The van der Waals surface area contributed by atoms with Crippen molar-refractivity contribution in [3.8, 4) is 0 Å². The molecule has 0 amide bonds. The van der Waals surface area contributed by atoms with Crippen LogP contribution in [-0.2, 0) is 4.74 Å². The van der Waals surface area contributed by atoms with Gasteiger partial charge in [-0.05, 0) is 0 Å². The van der Waals surface area contributed by atoms with Crippen LogP contribution in [0.4, 0.5) is 0 Å². The number of ether oxygens (including phenoxy) is 1. The molecular weight excluding hydrogens is 296 g/mol. The van der Waals surface area contributed by atoms with E-state index in [1.165, 1.54) is 35.8 Å². The van der Waals surface area contributed by atoms with E-state index in [1.807, 2.05) is 0 Å². The molecule has 1 atom stereocenters. The first-order valence-corrected chi connectivity index (χ1v) is 7.28. The van der Waals surface area contributed by atoms with Gasteiger partial charge in [-0.25, -0.2) is 0 Å². The third-order valence-electron chi connectivity index (χ3n) is 2.29. The molecule has 0 aromatic heterocycles. The van der Waals surface area contributed by atoms with E-state index in [0.717, 1.165) is 5.76 Å². The normalized spacial score (nSPS) is 26.9. The van der Waals surface area contributed by atoms with E-state index in [0.29, 0.717) is 20.0 Å². The van der Waals surface area contributed by atoms with Crippen LogP contribution in [0.2, 0.25) is 0 Å². The second-order valence-electron chi connectivity index (χ2n) is 3.35. The Morgan fingerprint density at radius 3 is 2.62 bits per heavy atom. The maximum atomic E-state index is 5.24. The SMILES string of the molecule is C=C1OC1[Se]C(=[Se])N1CCCCC1. The van der Waals surface area contributed by atoms with Gasteiger partial charge in [-0.2, -0.15) is 0 Å². The molecule has 2 saturated heterocycles. The number of likely N-dealkylation sites (tertiary alicyclic amines) is 1. The fourth-order valence-electron chi connectivity index (χ4n) is 1.44. The van der Waals surface area contributed by atoms with Gasteiger partial charge in [-0.1, -0.05) is 0 Å². The molecule has 2 aliphatic heterocycles. The minimum atomic E-state index is 0.366. The molecule has 0 aromatic rings. The third kappa shape index (κ3) is 2.60. The standard InChI is InChI=1S/C9H13NOSe2/c1-7-8(11-7)13-9(12)10-5-3-2-4-6-10/h8H,1-6H2. The average Bonchev–Trinajstić information content (AvgIpc) is 2.83. The summed E-state index contributed by atoms with van der Waals surface area (Å²) in [6, 6.07) is 0. The summed E-state index contributed by atoms with van der Waals surface area (Å²) in [4.78, 5) is 2.47. The summed E-state index contributed by atoms with van der Waals surface area (Å²) in [6.45, 7) is 6.24. The van der Waals surface area contributed by atoms with Gasteiger partial charge in [0.2, 0.25) is 0 Å². The van der Waals surface area contributed by atoms with E-state index in [1.54, 1.807) is 0 Å². The van der Waals surface area contributed by atoms with Gasteiger partial charge in [0.05, 0.1) is 0 Å². The van der Waals surface area contributed by atoms with Gasteiger partial charge in [-0.15, -0.1) is 0 Å². The predicted octanol–water partition coefficient (Wildman–Crippen LogP) is 0.302. The van der Waals surface area contributed by atoms with Crippen molar-refractivity contribution in [2.75, 3.05) is 13.1 Å². The second kappa shape index (κ2) is 4.18. The first-order valence-electron chi connectivity index (χ1n) is 4.58. The van der Waals surface area contributed by atoms with Gasteiger partial charge in [0.25, 0.3) is 0 Å². The number of rotatable bonds is 3. The molecule has 13 heavy (non-hydrogen) atoms. The van der Waals surface area contributed by atoms with Crippen molar-refractivity contribution in [2.45, 2.75) is 24.3 Å². The molecule has 2 aliphatic rings. The summed E-state index contributed by atoms with van der Waals surface area (Å²) in [5.41, 5.74) is 0. The predicted molar refractivity (Wildman–Crippen MR) is 56.0 cm³/mol. The molecule has 72 valence electrons. The Morgan fingerprint density at radius 2 is 2.08 bits per heavy atom. The monoisotopic (exact) mass is 311 g/mol. The number of hydrogen-bond donors (Lipinski definition) is 0. The van der Waals surface area contributed by atoms with Crippen molar-refractivity contribution in [3.63, 3.8) is 0 Å². The van der Waals surface area contributed by atoms with Crippen LogP contribution in [0.1, 0.15) is 19.3 Å². The molecule has 2 heterocycles. The van der Waals surface area contributed by atoms with Crippen LogP contribution < -0.4 is 0 Å². The molecule has 1 unspecified atom stereocenters. The zero-order valence-electron chi connectivity index (χ0n) is 7.49. The van der Waals surface area contributed by atoms with Crippen LogP contribution in [0.25, 0.3) is 0 Å². The number of hydrogen-bond acceptors (Lipinski definition) is 2. The molecule has 4 heteroatoms. The maximum absolute atomic E-state index is 5.24. The Hall–Kier alpha value is 0.249. The van der Waals surface area contributed by atoms with E-state index in [9.17, 15) is 0 Å². The number of epoxide rings is 1. The topological polar surface area (TPSA) is 15.8 Å². The minimum absolute atomic E-state index is 0.366. The van der Waals surface area contributed by atoms with Crippen LogP contribution in [-0.4, -0.2) is 57.0 Å². The fraction of sp³-hybridized carbons (Fsp3) is 0.667. The summed E-state index contributed by atoms with van der Waals surface area (Å²) in [7, 11) is 0. The zero-order chi connectivity index (χ0) is 9.26. The molecule has 0 spiro atoms. The summed E-state index contributed by atoms with van der Waals surface area (Å²) >= 11 is 3.63. The van der Waals surface area contributed by atoms with Crippen LogP contribution in [0.5, 0.6) is 0 Å². The molecule has 2 nitrogen and oxygen atoms in total. The fourth-order valence-corrected chi connectivity index (χ4v) is 4.49. The molecule has 2 rings (SSSR count). The Balaban J connectivity index is 1.78. The van der Waals surface area contributed by atoms with Crippen LogP contribution in [0.3, 0.4) is 0 Å². The van der Waals surface area contributed by atoms with E-state index in [-0.39, 0.29) is 0 Å². The van der Waals surface area contributed by atoms with Gasteiger partial charge in [-0.3, -0.25) is 0 Å². The van der Waals surface area contributed by atoms with Gasteiger partial charge >= 0.3 is 93.3 Å². The first kappa shape index (κ1) is 9.79. The van der Waals surface area contributed by atoms with Crippen molar-refractivity contribution in [2.24, 2.45) is 0 Å². The van der Waals surface area contributed by atoms with Crippen LogP contribution >= 0.6 is 0 Å². The summed E-state index contributed by atoms with van der Waals surface area (Å²) in [5, 5.41) is 0.366. The summed E-state index contributed by atoms with van der Waals surface area (Å²) < 4.78 is 6.66. The van der Waals surface area contributed by atoms with E-state index in [4.69, 9.17) is 4.74 Å². The second-order valence-corrected chi connectivity index (χ2v) is 7.67. The number of nitrogens with zero attached hydrogens (tertiary/aromatic N) is 1. The molecular formula is C9H13NOSe2. The van der Waals surface area contributed by atoms with Crippen molar-refractivity contribution in [1.29, 1.82) is 0 Å². The van der Waals surface area contributed by atoms with Gasteiger partial charge in [0.15, 0.2) is 0 Å². The molecule has 0 radical (unpaired) electrons. The Morgan fingerprint density at radius 1 is 1.46 bits per heavy atom. The Labute approximate surface area is 93.2 Å². The van der Waals surface area contributed by atoms with E-state index >= 15 is 0 Å². The molecule has 0 N–H and O–H groups in total. The Bertz CT molecular complexity index is 236. The van der Waals surface area contributed by atoms with Gasteiger partial charge in [0, 0.05) is 0 Å². The van der Waals surface area contributed by atoms with Crippen molar-refractivity contribution in [3.05, 3.63) is 12.3 Å². The molecule has 0 bridgehead atoms. The number of piperidine rings is 1. The average molecular weight is 309 g/mol. The zero-order valence-corrected chi connectivity index (χ0v) is 10.9. The van der Waals surface area contributed by atoms with Crippen molar-refractivity contribution >= 4 is 34.0 Å². The molecule has 0 aliphatic carbocycles. The molecule has 0 saturated carbocycles. The first-order chi connectivity index (χ1) is 6.27. The summed E-state index contributed by atoms with van der Waals surface area (Å²) in [5.74, 6) is 0.977. The van der Waals surface area contributed by atoms with Crippen LogP contribution in [0.15, 0.2) is 12.3 Å². The van der Waals surface area contributed by atoms with Crippen molar-refractivity contribution in [1.82, 2.24) is 4.90 Å². The molecule has 2 fully saturated rings. The third-order valence-corrected chi connectivity index (χ3v) is 6.04. The van der Waals surface area contributed by atoms with Gasteiger partial charge in [0.1, 0.15) is 0 Å². The van der Waals surface area contributed by atoms with Crippen LogP contribution in [0, 0.1) is 0 Å². The van der Waals surface area contributed by atoms with E-state index in [2.05, 4.69) is 27.1 Å². The van der Waals surface area contributed by atoms with E-state index < -0.39 is 0 Å².